The molecule has 4 rings (SSSR count). The Morgan fingerprint density at radius 3 is 2.16 bits per heavy atom. The van der Waals surface area contributed by atoms with Crippen LogP contribution in [0.3, 0.4) is 0 Å². The predicted octanol–water partition coefficient (Wildman–Crippen LogP) is 5.55. The van der Waals surface area contributed by atoms with E-state index < -0.39 is 0 Å². The van der Waals surface area contributed by atoms with Gasteiger partial charge >= 0.3 is 0 Å². The van der Waals surface area contributed by atoms with E-state index in [0.717, 1.165) is 16.5 Å². The Morgan fingerprint density at radius 1 is 0.875 bits per heavy atom. The van der Waals surface area contributed by atoms with Gasteiger partial charge in [-0.1, -0.05) is 35.9 Å². The zero-order valence-electron chi connectivity index (χ0n) is 18.3. The molecule has 6 nitrogen and oxygen atoms in total. The van der Waals surface area contributed by atoms with E-state index in [4.69, 9.17) is 13.9 Å². The number of benzene rings is 3. The van der Waals surface area contributed by atoms with Crippen molar-refractivity contribution in [1.82, 2.24) is 0 Å². The smallest absolute Gasteiger partial charge is 0.263 e. The number of amides is 1. The molecule has 0 aliphatic rings. The lowest BCUT2D eigenvalue weighted by molar-refractivity contribution is 0.100. The zero-order chi connectivity index (χ0) is 22.8. The van der Waals surface area contributed by atoms with Gasteiger partial charge in [-0.3, -0.25) is 9.59 Å². The van der Waals surface area contributed by atoms with Crippen molar-refractivity contribution in [2.75, 3.05) is 19.5 Å². The molecule has 1 aromatic heterocycles. The average Bonchev–Trinajstić information content (AvgIpc) is 3.14. The minimum absolute atomic E-state index is 0.178. The Morgan fingerprint density at radius 2 is 1.53 bits per heavy atom. The minimum atomic E-state index is -0.365. The number of fused-ring (bicyclic) bond motifs is 1. The summed E-state index contributed by atoms with van der Waals surface area (Å²) in [6, 6.07) is 17.8. The molecule has 0 saturated heterocycles. The first-order chi connectivity index (χ1) is 15.4. The molecule has 1 heterocycles. The molecule has 0 unspecified atom stereocenters. The molecule has 3 aromatic carbocycles. The van der Waals surface area contributed by atoms with Crippen LogP contribution in [0.5, 0.6) is 11.5 Å². The van der Waals surface area contributed by atoms with Crippen molar-refractivity contribution in [3.8, 4) is 11.5 Å². The molecule has 0 atom stereocenters. The Bertz CT molecular complexity index is 1300. The van der Waals surface area contributed by atoms with Crippen LogP contribution in [0.1, 0.15) is 37.6 Å². The number of carbonyl (C=O) groups excluding carboxylic acids is 2. The maximum Gasteiger partial charge on any atom is 0.263 e. The third kappa shape index (κ3) is 3.83. The monoisotopic (exact) mass is 429 g/mol. The normalized spacial score (nSPS) is 10.8. The number of carbonyl (C=O) groups is 2. The van der Waals surface area contributed by atoms with Gasteiger partial charge in [-0.05, 0) is 44.2 Å². The Labute approximate surface area is 185 Å². The Balaban J connectivity index is 1.66. The molecule has 162 valence electrons. The fourth-order valence-electron chi connectivity index (χ4n) is 3.62. The molecule has 0 aliphatic carbocycles. The zero-order valence-corrected chi connectivity index (χ0v) is 18.3. The first-order valence-electron chi connectivity index (χ1n) is 10.1. The van der Waals surface area contributed by atoms with Crippen molar-refractivity contribution >= 4 is 28.3 Å². The number of hydrogen-bond acceptors (Lipinski definition) is 5. The van der Waals surface area contributed by atoms with Crippen molar-refractivity contribution < 1.29 is 23.5 Å². The summed E-state index contributed by atoms with van der Waals surface area (Å²) in [7, 11) is 3.00. The van der Waals surface area contributed by atoms with Gasteiger partial charge in [0.2, 0.25) is 5.78 Å². The fraction of sp³-hybridized carbons (Fsp3) is 0.154. The third-order valence-electron chi connectivity index (χ3n) is 5.37. The summed E-state index contributed by atoms with van der Waals surface area (Å²) >= 11 is 0. The van der Waals surface area contributed by atoms with E-state index >= 15 is 0 Å². The second kappa shape index (κ2) is 8.59. The summed E-state index contributed by atoms with van der Waals surface area (Å²) < 4.78 is 16.5. The van der Waals surface area contributed by atoms with E-state index in [-0.39, 0.29) is 11.7 Å². The predicted molar refractivity (Wildman–Crippen MR) is 123 cm³/mol. The summed E-state index contributed by atoms with van der Waals surface area (Å²) in [6.45, 7) is 3.80. The number of methoxy groups -OCH3 is 2. The summed E-state index contributed by atoms with van der Waals surface area (Å²) in [4.78, 5) is 25.9. The Hall–Kier alpha value is -4.06. The van der Waals surface area contributed by atoms with Gasteiger partial charge < -0.3 is 19.2 Å². The largest absolute Gasteiger partial charge is 0.496 e. The number of ether oxygens (including phenoxy) is 2. The van der Waals surface area contributed by atoms with Gasteiger partial charge in [0, 0.05) is 22.2 Å². The first-order valence-corrected chi connectivity index (χ1v) is 10.1. The van der Waals surface area contributed by atoms with Crippen LogP contribution >= 0.6 is 0 Å². The SMILES string of the molecule is COc1cccc(OC)c1C(=O)Nc1ccc2oc(C(=O)c3ccc(C)cc3)c(C)c2c1. The van der Waals surface area contributed by atoms with E-state index in [0.29, 0.717) is 39.7 Å². The molecule has 0 spiro atoms. The number of anilines is 1. The Kier molecular flexibility index (Phi) is 5.69. The second-order valence-corrected chi connectivity index (χ2v) is 7.45. The highest BCUT2D eigenvalue weighted by molar-refractivity contribution is 6.11. The number of aryl methyl sites for hydroxylation is 2. The maximum atomic E-state index is 13.0. The van der Waals surface area contributed by atoms with Crippen LogP contribution in [0.2, 0.25) is 0 Å². The van der Waals surface area contributed by atoms with Crippen molar-refractivity contribution in [3.05, 3.63) is 88.7 Å². The minimum Gasteiger partial charge on any atom is -0.496 e. The molecule has 0 saturated carbocycles. The van der Waals surface area contributed by atoms with E-state index in [9.17, 15) is 9.59 Å². The molecular weight excluding hydrogens is 406 g/mol. The van der Waals surface area contributed by atoms with E-state index in [1.807, 2.05) is 26.0 Å². The molecule has 4 aromatic rings. The lowest BCUT2D eigenvalue weighted by Crippen LogP contribution is -2.14. The molecular formula is C26H23NO5. The van der Waals surface area contributed by atoms with Crippen molar-refractivity contribution in [2.45, 2.75) is 13.8 Å². The van der Waals surface area contributed by atoms with Gasteiger partial charge in [-0.25, -0.2) is 0 Å². The first kappa shape index (κ1) is 21.2. The number of rotatable bonds is 6. The molecule has 1 amide bonds. The van der Waals surface area contributed by atoms with Crippen molar-refractivity contribution in [1.29, 1.82) is 0 Å². The molecule has 0 bridgehead atoms. The van der Waals surface area contributed by atoms with Gasteiger partial charge in [0.1, 0.15) is 22.6 Å². The van der Waals surface area contributed by atoms with Gasteiger partial charge in [0.05, 0.1) is 14.2 Å². The van der Waals surface area contributed by atoms with Crippen LogP contribution < -0.4 is 14.8 Å². The van der Waals surface area contributed by atoms with Crippen LogP contribution in [-0.2, 0) is 0 Å². The number of ketones is 1. The highest BCUT2D eigenvalue weighted by atomic mass is 16.5. The number of nitrogens with one attached hydrogen (secondary N) is 1. The number of hydrogen-bond donors (Lipinski definition) is 1. The number of furan rings is 1. The molecule has 32 heavy (non-hydrogen) atoms. The second-order valence-electron chi connectivity index (χ2n) is 7.45. The summed E-state index contributed by atoms with van der Waals surface area (Å²) in [5.41, 5.74) is 3.80. The van der Waals surface area contributed by atoms with Crippen LogP contribution in [0.4, 0.5) is 5.69 Å². The van der Waals surface area contributed by atoms with E-state index in [2.05, 4.69) is 5.32 Å². The summed E-state index contributed by atoms with van der Waals surface area (Å²) in [6.07, 6.45) is 0. The van der Waals surface area contributed by atoms with Crippen molar-refractivity contribution in [3.63, 3.8) is 0 Å². The molecule has 6 heteroatoms. The molecule has 1 N–H and O–H groups in total. The van der Waals surface area contributed by atoms with Crippen LogP contribution in [0, 0.1) is 13.8 Å². The molecule has 0 fully saturated rings. The quantitative estimate of drug-likeness (QED) is 0.407. The molecule has 0 radical (unpaired) electrons. The van der Waals surface area contributed by atoms with E-state index in [1.54, 1.807) is 48.5 Å². The maximum absolute atomic E-state index is 13.0. The fourth-order valence-corrected chi connectivity index (χ4v) is 3.62. The summed E-state index contributed by atoms with van der Waals surface area (Å²) in [5, 5.41) is 3.63. The summed E-state index contributed by atoms with van der Waals surface area (Å²) in [5.74, 6) is 0.569. The topological polar surface area (TPSA) is 77.8 Å². The van der Waals surface area contributed by atoms with Gasteiger partial charge in [-0.15, -0.1) is 0 Å². The van der Waals surface area contributed by atoms with Gasteiger partial charge in [-0.2, -0.15) is 0 Å². The lowest BCUT2D eigenvalue weighted by atomic mass is 10.0. The van der Waals surface area contributed by atoms with Crippen LogP contribution in [0.25, 0.3) is 11.0 Å². The van der Waals surface area contributed by atoms with Gasteiger partial charge in [0.25, 0.3) is 5.91 Å². The third-order valence-corrected chi connectivity index (χ3v) is 5.37. The highest BCUT2D eigenvalue weighted by Gasteiger charge is 2.21. The average molecular weight is 429 g/mol. The van der Waals surface area contributed by atoms with Crippen LogP contribution in [-0.4, -0.2) is 25.9 Å². The van der Waals surface area contributed by atoms with Crippen LogP contribution in [0.15, 0.2) is 65.1 Å². The van der Waals surface area contributed by atoms with Crippen molar-refractivity contribution in [2.24, 2.45) is 0 Å². The van der Waals surface area contributed by atoms with E-state index in [1.165, 1.54) is 14.2 Å². The molecule has 0 aliphatic heterocycles. The highest BCUT2D eigenvalue weighted by Crippen LogP contribution is 2.32. The van der Waals surface area contributed by atoms with Gasteiger partial charge in [0.15, 0.2) is 5.76 Å². The standard InChI is InChI=1S/C26H23NO5/c1-15-8-10-17(11-9-15)24(28)25-16(2)19-14-18(12-13-20(19)32-25)27-26(29)23-21(30-3)6-5-7-22(23)31-4/h5-14H,1-4H3,(H,27,29). The lowest BCUT2D eigenvalue weighted by Gasteiger charge is -2.13.